The molecule has 4 atom stereocenters. The van der Waals surface area contributed by atoms with Crippen molar-refractivity contribution in [1.29, 1.82) is 0 Å². The van der Waals surface area contributed by atoms with Crippen molar-refractivity contribution in [2.45, 2.75) is 24.4 Å². The van der Waals surface area contributed by atoms with Crippen LogP contribution in [0.3, 0.4) is 0 Å². The Labute approximate surface area is 172 Å². The van der Waals surface area contributed by atoms with E-state index in [9.17, 15) is 9.59 Å². The molecule has 3 heterocycles. The van der Waals surface area contributed by atoms with Gasteiger partial charge in [0.25, 0.3) is 5.91 Å². The molecule has 0 radical (unpaired) electrons. The first kappa shape index (κ1) is 20.0. The van der Waals surface area contributed by atoms with Gasteiger partial charge >= 0.3 is 6.09 Å². The quantitative estimate of drug-likeness (QED) is 0.729. The van der Waals surface area contributed by atoms with Crippen molar-refractivity contribution in [3.05, 3.63) is 42.4 Å². The number of rotatable bonds is 6. The molecule has 0 saturated carbocycles. The number of anilines is 1. The van der Waals surface area contributed by atoms with Crippen molar-refractivity contribution in [3.8, 4) is 11.5 Å². The topological polar surface area (TPSA) is 117 Å². The van der Waals surface area contributed by atoms with E-state index in [1.54, 1.807) is 30.3 Å². The highest BCUT2D eigenvalue weighted by molar-refractivity contribution is 5.91. The normalized spacial score (nSPS) is 24.7. The molecular weight excluding hydrogens is 396 g/mol. The molecule has 2 aliphatic heterocycles. The Morgan fingerprint density at radius 1 is 1.03 bits per heavy atom. The summed E-state index contributed by atoms with van der Waals surface area (Å²) in [6.45, 7) is 0.410. The van der Waals surface area contributed by atoms with E-state index >= 15 is 0 Å². The van der Waals surface area contributed by atoms with Crippen molar-refractivity contribution in [2.75, 3.05) is 32.8 Å². The molecular formula is C20H22N2O8. The third-order valence-electron chi connectivity index (χ3n) is 4.93. The minimum Gasteiger partial charge on any atom is -0.497 e. The first-order valence-corrected chi connectivity index (χ1v) is 9.35. The van der Waals surface area contributed by atoms with E-state index in [0.29, 0.717) is 17.2 Å². The first-order valence-electron chi connectivity index (χ1n) is 9.35. The largest absolute Gasteiger partial charge is 0.497 e. The number of methoxy groups -OCH3 is 2. The molecule has 1 aromatic heterocycles. The highest BCUT2D eigenvalue weighted by Gasteiger charge is 2.50. The van der Waals surface area contributed by atoms with Crippen LogP contribution < -0.4 is 20.1 Å². The molecule has 0 spiro atoms. The SMILES string of the molecule is COc1cc(NC(=O)O[C@H]2CO[C@@H]3[C@@H]2OC[C@@H]3NC(=O)c2ccco2)cc(OC)c1. The molecule has 2 N–H and O–H groups in total. The second-order valence-corrected chi connectivity index (χ2v) is 6.82. The van der Waals surface area contributed by atoms with Gasteiger partial charge < -0.3 is 33.4 Å². The second kappa shape index (κ2) is 8.64. The van der Waals surface area contributed by atoms with Crippen molar-refractivity contribution in [2.24, 2.45) is 0 Å². The Morgan fingerprint density at radius 2 is 1.77 bits per heavy atom. The first-order chi connectivity index (χ1) is 14.6. The molecule has 10 nitrogen and oxygen atoms in total. The number of hydrogen-bond donors (Lipinski definition) is 2. The monoisotopic (exact) mass is 418 g/mol. The van der Waals surface area contributed by atoms with Crippen LogP contribution in [0.1, 0.15) is 10.6 Å². The maximum atomic E-state index is 12.4. The summed E-state index contributed by atoms with van der Waals surface area (Å²) in [6.07, 6.45) is -0.731. The van der Waals surface area contributed by atoms with Crippen molar-refractivity contribution in [1.82, 2.24) is 5.32 Å². The van der Waals surface area contributed by atoms with Gasteiger partial charge in [0.05, 0.1) is 45.4 Å². The Morgan fingerprint density at radius 3 is 2.43 bits per heavy atom. The van der Waals surface area contributed by atoms with E-state index in [2.05, 4.69) is 10.6 Å². The van der Waals surface area contributed by atoms with Crippen LogP contribution in [0, 0.1) is 0 Å². The molecule has 30 heavy (non-hydrogen) atoms. The van der Waals surface area contributed by atoms with Crippen LogP contribution in [0.4, 0.5) is 10.5 Å². The van der Waals surface area contributed by atoms with Gasteiger partial charge in [-0.05, 0) is 12.1 Å². The van der Waals surface area contributed by atoms with Gasteiger partial charge in [0.2, 0.25) is 0 Å². The number of furan rings is 1. The fourth-order valence-electron chi connectivity index (χ4n) is 3.50. The highest BCUT2D eigenvalue weighted by atomic mass is 16.6. The van der Waals surface area contributed by atoms with Gasteiger partial charge in [-0.2, -0.15) is 0 Å². The van der Waals surface area contributed by atoms with E-state index in [1.165, 1.54) is 20.5 Å². The van der Waals surface area contributed by atoms with Crippen LogP contribution in [0.15, 0.2) is 41.0 Å². The summed E-state index contributed by atoms with van der Waals surface area (Å²) in [5, 5.41) is 5.47. The van der Waals surface area contributed by atoms with Crippen molar-refractivity contribution in [3.63, 3.8) is 0 Å². The summed E-state index contributed by atoms with van der Waals surface area (Å²) in [5.74, 6) is 0.913. The summed E-state index contributed by atoms with van der Waals surface area (Å²) < 4.78 is 32.4. The minimum atomic E-state index is -0.661. The predicted molar refractivity (Wildman–Crippen MR) is 103 cm³/mol. The maximum Gasteiger partial charge on any atom is 0.412 e. The van der Waals surface area contributed by atoms with Gasteiger partial charge in [-0.25, -0.2) is 4.79 Å². The van der Waals surface area contributed by atoms with Gasteiger partial charge in [0.15, 0.2) is 11.9 Å². The fourth-order valence-corrected chi connectivity index (χ4v) is 3.50. The zero-order valence-corrected chi connectivity index (χ0v) is 16.5. The number of hydrogen-bond acceptors (Lipinski definition) is 8. The molecule has 160 valence electrons. The molecule has 2 aliphatic rings. The lowest BCUT2D eigenvalue weighted by Crippen LogP contribution is -2.44. The molecule has 0 aliphatic carbocycles. The zero-order valence-electron chi connectivity index (χ0n) is 16.5. The molecule has 2 aromatic rings. The lowest BCUT2D eigenvalue weighted by Gasteiger charge is -2.18. The van der Waals surface area contributed by atoms with Crippen molar-refractivity contribution >= 4 is 17.7 Å². The molecule has 2 saturated heterocycles. The van der Waals surface area contributed by atoms with Crippen LogP contribution >= 0.6 is 0 Å². The van der Waals surface area contributed by atoms with Crippen LogP contribution in [0.5, 0.6) is 11.5 Å². The van der Waals surface area contributed by atoms with Gasteiger partial charge in [0, 0.05) is 18.2 Å². The van der Waals surface area contributed by atoms with E-state index < -0.39 is 24.4 Å². The second-order valence-electron chi connectivity index (χ2n) is 6.82. The van der Waals surface area contributed by atoms with Crippen molar-refractivity contribution < 1.29 is 37.7 Å². The fraction of sp³-hybridized carbons (Fsp3) is 0.400. The number of amides is 2. The Hall–Kier alpha value is -3.24. The number of carbonyl (C=O) groups is 2. The highest BCUT2D eigenvalue weighted by Crippen LogP contribution is 2.30. The number of ether oxygens (including phenoxy) is 5. The molecule has 10 heteroatoms. The lowest BCUT2D eigenvalue weighted by atomic mass is 10.1. The van der Waals surface area contributed by atoms with Gasteiger partial charge in [0.1, 0.15) is 23.7 Å². The number of carbonyl (C=O) groups excluding carboxylic acids is 2. The van der Waals surface area contributed by atoms with Gasteiger partial charge in [-0.15, -0.1) is 0 Å². The van der Waals surface area contributed by atoms with Crippen LogP contribution in [0.25, 0.3) is 0 Å². The summed E-state index contributed by atoms with van der Waals surface area (Å²) in [7, 11) is 3.04. The summed E-state index contributed by atoms with van der Waals surface area (Å²) >= 11 is 0. The molecule has 2 amide bonds. The number of fused-ring (bicyclic) bond motifs is 1. The minimum absolute atomic E-state index is 0.164. The third kappa shape index (κ3) is 4.19. The van der Waals surface area contributed by atoms with Gasteiger partial charge in [-0.3, -0.25) is 10.1 Å². The van der Waals surface area contributed by atoms with E-state index in [-0.39, 0.29) is 30.9 Å². The summed E-state index contributed by atoms with van der Waals surface area (Å²) in [4.78, 5) is 24.5. The molecule has 4 rings (SSSR count). The molecule has 0 bridgehead atoms. The Kier molecular flexibility index (Phi) is 5.77. The van der Waals surface area contributed by atoms with Crippen LogP contribution in [0.2, 0.25) is 0 Å². The van der Waals surface area contributed by atoms with E-state index in [1.807, 2.05) is 0 Å². The average Bonchev–Trinajstić information content (AvgIpc) is 3.48. The number of benzene rings is 1. The summed E-state index contributed by atoms with van der Waals surface area (Å²) in [5.41, 5.74) is 0.461. The lowest BCUT2D eigenvalue weighted by molar-refractivity contribution is 0.00860. The average molecular weight is 418 g/mol. The molecule has 0 unspecified atom stereocenters. The Bertz CT molecular complexity index is 878. The standard InChI is InChI=1S/C20H22N2O8/c1-25-12-6-11(7-13(8-12)26-2)21-20(24)30-16-10-29-17-14(9-28-18(16)17)22-19(23)15-4-3-5-27-15/h3-8,14,16-18H,9-10H2,1-2H3,(H,21,24)(H,22,23)/t14-,16-,17-,18+/m0/s1. The smallest absolute Gasteiger partial charge is 0.412 e. The molecule has 1 aromatic carbocycles. The van der Waals surface area contributed by atoms with E-state index in [4.69, 9.17) is 28.1 Å². The van der Waals surface area contributed by atoms with Crippen LogP contribution in [-0.2, 0) is 14.2 Å². The predicted octanol–water partition coefficient (Wildman–Crippen LogP) is 1.81. The van der Waals surface area contributed by atoms with Gasteiger partial charge in [-0.1, -0.05) is 0 Å². The molecule has 2 fully saturated rings. The zero-order chi connectivity index (χ0) is 21.1. The number of nitrogens with one attached hydrogen (secondary N) is 2. The van der Waals surface area contributed by atoms with Crippen LogP contribution in [-0.4, -0.2) is 63.8 Å². The van der Waals surface area contributed by atoms with E-state index in [0.717, 1.165) is 0 Å². The third-order valence-corrected chi connectivity index (χ3v) is 4.93. The Balaban J connectivity index is 1.33. The maximum absolute atomic E-state index is 12.4. The summed E-state index contributed by atoms with van der Waals surface area (Å²) in [6, 6.07) is 7.81.